The number of rotatable bonds is 7. The van der Waals surface area contributed by atoms with Crippen LogP contribution in [0.5, 0.6) is 0 Å². The number of benzene rings is 1. The van der Waals surface area contributed by atoms with Gasteiger partial charge in [-0.15, -0.1) is 11.3 Å². The number of amides is 1. The van der Waals surface area contributed by atoms with E-state index in [-0.39, 0.29) is 22.5 Å². The van der Waals surface area contributed by atoms with Crippen molar-refractivity contribution in [2.45, 2.75) is 23.2 Å². The molecule has 1 saturated heterocycles. The number of sulfonamides is 1. The van der Waals surface area contributed by atoms with Crippen LogP contribution in [-0.2, 0) is 21.4 Å². The van der Waals surface area contributed by atoms with E-state index in [4.69, 9.17) is 21.4 Å². The molecule has 162 valence electrons. The summed E-state index contributed by atoms with van der Waals surface area (Å²) in [6.45, 7) is 0.587. The van der Waals surface area contributed by atoms with E-state index in [0.29, 0.717) is 40.4 Å². The van der Waals surface area contributed by atoms with Crippen LogP contribution in [0.3, 0.4) is 0 Å². The minimum atomic E-state index is -3.88. The summed E-state index contributed by atoms with van der Waals surface area (Å²) in [6, 6.07) is 8.83. The van der Waals surface area contributed by atoms with Crippen molar-refractivity contribution in [3.05, 3.63) is 53.8 Å². The fourth-order valence-electron chi connectivity index (χ4n) is 3.31. The Morgan fingerprint density at radius 3 is 2.84 bits per heavy atom. The van der Waals surface area contributed by atoms with Gasteiger partial charge in [-0.1, -0.05) is 5.16 Å². The highest BCUT2D eigenvalue weighted by Crippen LogP contribution is 2.30. The molecule has 1 fully saturated rings. The van der Waals surface area contributed by atoms with Crippen molar-refractivity contribution in [3.8, 4) is 10.6 Å². The molecule has 4 rings (SSSR count). The van der Waals surface area contributed by atoms with E-state index in [1.54, 1.807) is 30.3 Å². The number of nitrogens with one attached hydrogen (secondary N) is 2. The number of nitrogen functional groups attached to an aromatic ring is 2. The molecule has 0 spiro atoms. The number of likely N-dealkylation sites (tertiary alicyclic amines) is 1. The van der Waals surface area contributed by atoms with Gasteiger partial charge < -0.3 is 20.9 Å². The summed E-state index contributed by atoms with van der Waals surface area (Å²) < 4.78 is 32.9. The van der Waals surface area contributed by atoms with Crippen molar-refractivity contribution in [2.24, 2.45) is 5.73 Å². The van der Waals surface area contributed by atoms with E-state index < -0.39 is 16.1 Å². The lowest BCUT2D eigenvalue weighted by Crippen LogP contribution is -2.41. The molecule has 2 aromatic heterocycles. The zero-order valence-electron chi connectivity index (χ0n) is 16.2. The van der Waals surface area contributed by atoms with Gasteiger partial charge in [-0.05, 0) is 42.3 Å². The minimum absolute atomic E-state index is 0.0927. The molecule has 0 unspecified atom stereocenters. The molecule has 10 nitrogen and oxygen atoms in total. The van der Waals surface area contributed by atoms with E-state index in [0.717, 1.165) is 11.3 Å². The molecule has 0 radical (unpaired) electrons. The van der Waals surface area contributed by atoms with Gasteiger partial charge in [-0.2, -0.15) is 4.72 Å². The summed E-state index contributed by atoms with van der Waals surface area (Å²) in [6.07, 6.45) is 1.75. The predicted molar refractivity (Wildman–Crippen MR) is 116 cm³/mol. The molecule has 1 amide bonds. The van der Waals surface area contributed by atoms with Crippen LogP contribution in [0.25, 0.3) is 10.6 Å². The van der Waals surface area contributed by atoms with Crippen molar-refractivity contribution in [3.63, 3.8) is 0 Å². The summed E-state index contributed by atoms with van der Waals surface area (Å²) in [5.41, 5.74) is 13.7. The maximum absolute atomic E-state index is 12.8. The fraction of sp³-hybridized carbons (Fsp3) is 0.211. The first-order chi connectivity index (χ1) is 14.7. The minimum Gasteiger partial charge on any atom is -0.398 e. The van der Waals surface area contributed by atoms with E-state index in [2.05, 4.69) is 9.88 Å². The highest BCUT2D eigenvalue weighted by atomic mass is 32.2. The summed E-state index contributed by atoms with van der Waals surface area (Å²) in [7, 11) is -3.88. The molecule has 1 aliphatic heterocycles. The third-order valence-electron chi connectivity index (χ3n) is 4.95. The van der Waals surface area contributed by atoms with Crippen molar-refractivity contribution in [1.82, 2.24) is 14.8 Å². The Morgan fingerprint density at radius 1 is 1.32 bits per heavy atom. The van der Waals surface area contributed by atoms with Crippen LogP contribution in [0.4, 0.5) is 5.69 Å². The molecule has 6 N–H and O–H groups in total. The van der Waals surface area contributed by atoms with Crippen molar-refractivity contribution in [1.29, 1.82) is 5.41 Å². The van der Waals surface area contributed by atoms with E-state index in [9.17, 15) is 13.2 Å². The monoisotopic (exact) mass is 460 g/mol. The molecule has 0 bridgehead atoms. The SMILES string of the molecule is N=C(N)c1ccc(N)c(CN2CC[C@H](NS(=O)(=O)c3ccc(-c4ccon4)s3)C2=O)c1. The third kappa shape index (κ3) is 4.31. The topological polar surface area (TPSA) is 168 Å². The first-order valence-electron chi connectivity index (χ1n) is 9.29. The Morgan fingerprint density at radius 2 is 2.13 bits per heavy atom. The molecule has 0 saturated carbocycles. The smallest absolute Gasteiger partial charge is 0.250 e. The lowest BCUT2D eigenvalue weighted by atomic mass is 10.1. The summed E-state index contributed by atoms with van der Waals surface area (Å²) in [4.78, 5) is 15.0. The van der Waals surface area contributed by atoms with Gasteiger partial charge in [-0.3, -0.25) is 10.2 Å². The van der Waals surface area contributed by atoms with Gasteiger partial charge in [0.05, 0.1) is 4.88 Å². The van der Waals surface area contributed by atoms with Gasteiger partial charge in [0.1, 0.15) is 28.0 Å². The van der Waals surface area contributed by atoms with Crippen LogP contribution in [-0.4, -0.2) is 42.8 Å². The number of amidine groups is 1. The van der Waals surface area contributed by atoms with Crippen molar-refractivity contribution >= 4 is 38.8 Å². The molecule has 1 atom stereocenters. The molecule has 12 heteroatoms. The molecule has 1 aromatic carbocycles. The van der Waals surface area contributed by atoms with Crippen LogP contribution in [0, 0.1) is 5.41 Å². The highest BCUT2D eigenvalue weighted by Gasteiger charge is 2.35. The number of hydrogen-bond donors (Lipinski definition) is 4. The van der Waals surface area contributed by atoms with Crippen LogP contribution in [0.15, 0.2) is 51.4 Å². The van der Waals surface area contributed by atoms with Gasteiger partial charge in [0.25, 0.3) is 10.0 Å². The Hall–Kier alpha value is -3.22. The normalized spacial score (nSPS) is 16.7. The molecule has 31 heavy (non-hydrogen) atoms. The average Bonchev–Trinajstić information content (AvgIpc) is 3.47. The largest absolute Gasteiger partial charge is 0.398 e. The summed E-state index contributed by atoms with van der Waals surface area (Å²) in [5, 5.41) is 11.4. The van der Waals surface area contributed by atoms with Crippen LogP contribution in [0.1, 0.15) is 17.5 Å². The van der Waals surface area contributed by atoms with Crippen LogP contribution < -0.4 is 16.2 Å². The first-order valence-corrected chi connectivity index (χ1v) is 11.6. The van der Waals surface area contributed by atoms with Crippen molar-refractivity contribution in [2.75, 3.05) is 12.3 Å². The number of nitrogens with two attached hydrogens (primary N) is 2. The van der Waals surface area contributed by atoms with Gasteiger partial charge >= 0.3 is 0 Å². The maximum atomic E-state index is 12.8. The zero-order valence-corrected chi connectivity index (χ0v) is 17.9. The number of carbonyl (C=O) groups excluding carboxylic acids is 1. The van der Waals surface area contributed by atoms with Gasteiger partial charge in [0.15, 0.2) is 0 Å². The second-order valence-corrected chi connectivity index (χ2v) is 10.1. The van der Waals surface area contributed by atoms with E-state index >= 15 is 0 Å². The lowest BCUT2D eigenvalue weighted by Gasteiger charge is -2.19. The number of anilines is 1. The molecule has 1 aliphatic rings. The first kappa shape index (κ1) is 21.0. The predicted octanol–water partition coefficient (Wildman–Crippen LogP) is 1.35. The number of carbonyl (C=O) groups is 1. The maximum Gasteiger partial charge on any atom is 0.250 e. The Bertz CT molecular complexity index is 1240. The zero-order chi connectivity index (χ0) is 22.2. The Balaban J connectivity index is 1.46. The Kier molecular flexibility index (Phi) is 5.52. The summed E-state index contributed by atoms with van der Waals surface area (Å²) in [5.74, 6) is -0.426. The highest BCUT2D eigenvalue weighted by molar-refractivity contribution is 7.91. The number of hydrogen-bond acceptors (Lipinski definition) is 8. The third-order valence-corrected chi connectivity index (χ3v) is 8.02. The molecule has 3 heterocycles. The molecular formula is C19H20N6O4S2. The van der Waals surface area contributed by atoms with Gasteiger partial charge in [0, 0.05) is 30.4 Å². The lowest BCUT2D eigenvalue weighted by molar-refractivity contribution is -0.129. The molecule has 0 aliphatic carbocycles. The fourth-order valence-corrected chi connectivity index (χ4v) is 5.82. The van der Waals surface area contributed by atoms with Crippen LogP contribution >= 0.6 is 11.3 Å². The Labute approximate surface area is 182 Å². The van der Waals surface area contributed by atoms with Gasteiger partial charge in [-0.25, -0.2) is 8.42 Å². The second kappa shape index (κ2) is 8.13. The standard InChI is InChI=1S/C19H20N6O4S2/c20-13-2-1-11(18(21)22)9-12(13)10-25-7-5-15(19(25)26)24-31(27,28)17-4-3-16(30-17)14-6-8-29-23-14/h1-4,6,8-9,15,24H,5,7,10,20H2,(H3,21,22)/t15-/m0/s1. The number of nitrogens with zero attached hydrogens (tertiary/aromatic N) is 2. The van der Waals surface area contributed by atoms with Gasteiger partial charge in [0.2, 0.25) is 5.91 Å². The van der Waals surface area contributed by atoms with E-state index in [1.165, 1.54) is 17.2 Å². The van der Waals surface area contributed by atoms with E-state index in [1.807, 2.05) is 0 Å². The number of thiophene rings is 1. The second-order valence-electron chi connectivity index (χ2n) is 7.05. The molecular weight excluding hydrogens is 440 g/mol. The average molecular weight is 461 g/mol. The van der Waals surface area contributed by atoms with Crippen LogP contribution in [0.2, 0.25) is 0 Å². The van der Waals surface area contributed by atoms with Crippen molar-refractivity contribution < 1.29 is 17.7 Å². The summed E-state index contributed by atoms with van der Waals surface area (Å²) >= 11 is 1.05. The molecule has 3 aromatic rings. The quantitative estimate of drug-likeness (QED) is 0.234. The number of aromatic nitrogens is 1.